The number of hydrogen-bond acceptors (Lipinski definition) is 7. The largest absolute Gasteiger partial charge is 0.495 e. The topological polar surface area (TPSA) is 106 Å². The van der Waals surface area contributed by atoms with Crippen LogP contribution in [0.25, 0.3) is 10.6 Å². The first kappa shape index (κ1) is 24.2. The average Bonchev–Trinajstić information content (AvgIpc) is 3.33. The van der Waals surface area contributed by atoms with Crippen molar-refractivity contribution in [2.75, 3.05) is 18.5 Å². The Morgan fingerprint density at radius 2 is 1.91 bits per heavy atom. The van der Waals surface area contributed by atoms with Gasteiger partial charge in [0.2, 0.25) is 10.9 Å². The molecule has 4 rings (SSSR count). The van der Waals surface area contributed by atoms with E-state index in [-0.39, 0.29) is 22.8 Å². The zero-order valence-corrected chi connectivity index (χ0v) is 20.6. The summed E-state index contributed by atoms with van der Waals surface area (Å²) in [4.78, 5) is 15.8. The Balaban J connectivity index is 1.60. The van der Waals surface area contributed by atoms with Crippen LogP contribution in [-0.4, -0.2) is 44.8 Å². The molecule has 2 atom stereocenters. The molecule has 180 valence electrons. The predicted octanol–water partition coefficient (Wildman–Crippen LogP) is 4.85. The number of carboxylic acid groups (broad SMARTS) is 1. The van der Waals surface area contributed by atoms with Crippen LogP contribution in [0.3, 0.4) is 0 Å². The number of anilines is 2. The number of aromatic nitrogens is 1. The molecular weight excluding hydrogens is 476 g/mol. The Labute approximate surface area is 203 Å². The summed E-state index contributed by atoms with van der Waals surface area (Å²) in [5.74, 6) is -0.314. The molecule has 1 aliphatic rings. The third-order valence-electron chi connectivity index (χ3n) is 6.12. The second-order valence-electron chi connectivity index (χ2n) is 8.10. The molecule has 1 saturated carbocycles. The fraction of sp³-hybridized carbons (Fsp3) is 0.333. The molecule has 0 spiro atoms. The number of thiazole rings is 1. The molecule has 1 aromatic heterocycles. The van der Waals surface area contributed by atoms with Gasteiger partial charge in [-0.05, 0) is 48.9 Å². The molecular formula is C24H26N2O6S2. The van der Waals surface area contributed by atoms with Gasteiger partial charge < -0.3 is 14.6 Å². The van der Waals surface area contributed by atoms with Crippen molar-refractivity contribution in [3.63, 3.8) is 0 Å². The molecule has 1 N–H and O–H groups in total. The molecule has 0 saturated heterocycles. The van der Waals surface area contributed by atoms with Gasteiger partial charge in [0.25, 0.3) is 0 Å². The number of hydrogen-bond donors (Lipinski definition) is 2. The maximum atomic E-state index is 12.1. The van der Waals surface area contributed by atoms with Crippen LogP contribution in [0.1, 0.15) is 47.5 Å². The SMILES string of the molecule is COc1cc(C(=O)O)ccc1N(c1csc(-c2ccc(C3CCCC(OC)C3)cc2)n1)[SH](=O)=O. The summed E-state index contributed by atoms with van der Waals surface area (Å²) in [6.45, 7) is 0. The summed E-state index contributed by atoms with van der Waals surface area (Å²) in [6, 6.07) is 12.3. The predicted molar refractivity (Wildman–Crippen MR) is 132 cm³/mol. The number of thiol groups is 1. The minimum atomic E-state index is -3.10. The number of rotatable bonds is 8. The molecule has 8 nitrogen and oxygen atoms in total. The van der Waals surface area contributed by atoms with Crippen molar-refractivity contribution in [1.82, 2.24) is 4.98 Å². The van der Waals surface area contributed by atoms with E-state index in [0.29, 0.717) is 17.0 Å². The third-order valence-corrected chi connectivity index (χ3v) is 7.74. The number of carbonyl (C=O) groups is 1. The first-order valence-electron chi connectivity index (χ1n) is 10.9. The molecule has 1 fully saturated rings. The standard InChI is InChI=1S/C24H26N2O6S2/c1-31-19-5-3-4-17(12-19)15-6-8-16(9-7-15)23-25-22(14-33-23)26(34(29)30)20-11-10-18(24(27)28)13-21(20)32-2/h6-11,13-14,17,19,34H,3-5,12H2,1-2H3,(H,27,28). The van der Waals surface area contributed by atoms with Gasteiger partial charge in [-0.1, -0.05) is 30.7 Å². The number of methoxy groups -OCH3 is 2. The number of aromatic carboxylic acids is 1. The molecule has 0 amide bonds. The van der Waals surface area contributed by atoms with E-state index in [1.807, 2.05) is 12.1 Å². The van der Waals surface area contributed by atoms with E-state index in [4.69, 9.17) is 9.47 Å². The summed E-state index contributed by atoms with van der Waals surface area (Å²) in [6.07, 6.45) is 4.73. The molecule has 2 unspecified atom stereocenters. The molecule has 10 heteroatoms. The highest BCUT2D eigenvalue weighted by molar-refractivity contribution is 7.74. The minimum absolute atomic E-state index is 0.00415. The van der Waals surface area contributed by atoms with Crippen LogP contribution in [0.5, 0.6) is 5.75 Å². The lowest BCUT2D eigenvalue weighted by Gasteiger charge is -2.28. The molecule has 1 heterocycles. The molecule has 3 aromatic rings. The van der Waals surface area contributed by atoms with Crippen LogP contribution in [0, 0.1) is 0 Å². The Morgan fingerprint density at radius 1 is 1.15 bits per heavy atom. The van der Waals surface area contributed by atoms with Crippen LogP contribution >= 0.6 is 11.3 Å². The van der Waals surface area contributed by atoms with Crippen molar-refractivity contribution in [3.8, 4) is 16.3 Å². The molecule has 0 aliphatic heterocycles. The second-order valence-corrected chi connectivity index (χ2v) is 9.83. The summed E-state index contributed by atoms with van der Waals surface area (Å²) >= 11 is 1.33. The lowest BCUT2D eigenvalue weighted by molar-refractivity contribution is 0.0635. The van der Waals surface area contributed by atoms with E-state index >= 15 is 0 Å². The first-order valence-corrected chi connectivity index (χ1v) is 12.9. The zero-order chi connectivity index (χ0) is 24.2. The Morgan fingerprint density at radius 3 is 2.56 bits per heavy atom. The monoisotopic (exact) mass is 502 g/mol. The molecule has 2 aromatic carbocycles. The summed E-state index contributed by atoms with van der Waals surface area (Å²) in [7, 11) is 0.0252. The smallest absolute Gasteiger partial charge is 0.335 e. The van der Waals surface area contributed by atoms with Gasteiger partial charge >= 0.3 is 5.97 Å². The molecule has 34 heavy (non-hydrogen) atoms. The lowest BCUT2D eigenvalue weighted by atomic mass is 9.82. The van der Waals surface area contributed by atoms with Gasteiger partial charge in [0.15, 0.2) is 5.82 Å². The average molecular weight is 503 g/mol. The third kappa shape index (κ3) is 5.08. The minimum Gasteiger partial charge on any atom is -0.495 e. The van der Waals surface area contributed by atoms with Crippen LogP contribution in [0.4, 0.5) is 11.5 Å². The highest BCUT2D eigenvalue weighted by Gasteiger charge is 2.24. The zero-order valence-electron chi connectivity index (χ0n) is 18.8. The van der Waals surface area contributed by atoms with E-state index in [9.17, 15) is 18.3 Å². The van der Waals surface area contributed by atoms with Crippen LogP contribution in [0.2, 0.25) is 0 Å². The van der Waals surface area contributed by atoms with Crippen LogP contribution < -0.4 is 9.04 Å². The molecule has 0 bridgehead atoms. The van der Waals surface area contributed by atoms with Gasteiger partial charge in [0.05, 0.1) is 18.8 Å². The van der Waals surface area contributed by atoms with E-state index in [1.54, 1.807) is 12.5 Å². The summed E-state index contributed by atoms with van der Waals surface area (Å²) in [5.41, 5.74) is 2.36. The maximum absolute atomic E-state index is 12.1. The molecule has 0 radical (unpaired) electrons. The summed E-state index contributed by atoms with van der Waals surface area (Å²) in [5, 5.41) is 11.6. The van der Waals surface area contributed by atoms with Crippen molar-refractivity contribution in [2.45, 2.75) is 37.7 Å². The van der Waals surface area contributed by atoms with Gasteiger partial charge in [0.1, 0.15) is 16.4 Å². The van der Waals surface area contributed by atoms with E-state index in [2.05, 4.69) is 17.1 Å². The number of nitrogens with zero attached hydrogens (tertiary/aromatic N) is 2. The van der Waals surface area contributed by atoms with Crippen molar-refractivity contribution in [2.24, 2.45) is 0 Å². The van der Waals surface area contributed by atoms with Gasteiger partial charge in [-0.15, -0.1) is 11.3 Å². The molecule has 1 aliphatic carbocycles. The van der Waals surface area contributed by atoms with E-state index in [1.165, 1.54) is 42.2 Å². The van der Waals surface area contributed by atoms with E-state index in [0.717, 1.165) is 35.6 Å². The van der Waals surface area contributed by atoms with E-state index < -0.39 is 16.9 Å². The van der Waals surface area contributed by atoms with Crippen LogP contribution in [0.15, 0.2) is 47.8 Å². The quantitative estimate of drug-likeness (QED) is 0.424. The van der Waals surface area contributed by atoms with Crippen molar-refractivity contribution in [3.05, 3.63) is 59.0 Å². The second kappa shape index (κ2) is 10.5. The Kier molecular flexibility index (Phi) is 7.50. The fourth-order valence-electron chi connectivity index (χ4n) is 4.34. The van der Waals surface area contributed by atoms with Gasteiger partial charge in [-0.3, -0.25) is 0 Å². The van der Waals surface area contributed by atoms with Crippen molar-refractivity contribution in [1.29, 1.82) is 0 Å². The Hall–Kier alpha value is -2.95. The number of carboxylic acids is 1. The maximum Gasteiger partial charge on any atom is 0.335 e. The number of benzene rings is 2. The van der Waals surface area contributed by atoms with Gasteiger partial charge in [-0.2, -0.15) is 0 Å². The van der Waals surface area contributed by atoms with Gasteiger partial charge in [0, 0.05) is 18.1 Å². The normalized spacial score (nSPS) is 18.1. The fourth-order valence-corrected chi connectivity index (χ4v) is 5.82. The van der Waals surface area contributed by atoms with Crippen molar-refractivity contribution >= 4 is 39.7 Å². The first-order chi connectivity index (χ1) is 16.4. The van der Waals surface area contributed by atoms with Crippen LogP contribution in [-0.2, 0) is 15.6 Å². The highest BCUT2D eigenvalue weighted by atomic mass is 32.2. The van der Waals surface area contributed by atoms with Gasteiger partial charge in [-0.25, -0.2) is 22.5 Å². The number of ether oxygens (including phenoxy) is 2. The Bertz CT molecular complexity index is 1230. The summed E-state index contributed by atoms with van der Waals surface area (Å²) < 4.78 is 36.1. The lowest BCUT2D eigenvalue weighted by Crippen LogP contribution is -2.20. The highest BCUT2D eigenvalue weighted by Crippen LogP contribution is 2.38. The van der Waals surface area contributed by atoms with Crippen molar-refractivity contribution < 1.29 is 27.8 Å².